The third-order valence-corrected chi connectivity index (χ3v) is 22.5. The molecule has 4 aliphatic heterocycles. The maximum absolute atomic E-state index is 15.4. The number of carboxylic acids is 1. The molecule has 2 aliphatic carbocycles. The van der Waals surface area contributed by atoms with Crippen LogP contribution in [0.25, 0.3) is 11.1 Å². The maximum atomic E-state index is 15.4. The van der Waals surface area contributed by atoms with E-state index in [1.54, 1.807) is 35.7 Å². The molecule has 0 bridgehead atoms. The molecule has 0 radical (unpaired) electrons. The first kappa shape index (κ1) is 84.0. The number of rotatable bonds is 35. The molecule has 1 saturated carbocycles. The molecular formula is C76H102N20O16S. The number of aliphatic hydroxyl groups excluding tert-OH is 2. The lowest BCUT2D eigenvalue weighted by Gasteiger charge is -2.42. The second-order valence-corrected chi connectivity index (χ2v) is 30.3. The van der Waals surface area contributed by atoms with Gasteiger partial charge < -0.3 is 110 Å². The maximum Gasteiger partial charge on any atom is 0.407 e. The summed E-state index contributed by atoms with van der Waals surface area (Å²) in [5, 5.41) is 82.8. The summed E-state index contributed by atoms with van der Waals surface area (Å²) >= 11 is 1.25. The van der Waals surface area contributed by atoms with Crippen LogP contribution in [0.4, 0.5) is 4.79 Å². The molecule has 3 aromatic carbocycles. The smallest absolute Gasteiger partial charge is 0.407 e. The number of hydrogen-bond acceptors (Lipinski definition) is 19. The van der Waals surface area contributed by atoms with Crippen molar-refractivity contribution in [3.8, 4) is 11.1 Å². The minimum Gasteiger partial charge on any atom is -0.480 e. The van der Waals surface area contributed by atoms with Crippen LogP contribution in [0.2, 0.25) is 0 Å². The lowest BCUT2D eigenvalue weighted by Crippen LogP contribution is -2.63. The van der Waals surface area contributed by atoms with Crippen molar-refractivity contribution in [1.82, 2.24) is 72.8 Å². The molecule has 12 atom stereocenters. The Bertz CT molecular complexity index is 4130. The summed E-state index contributed by atoms with van der Waals surface area (Å²) in [7, 11) is 0. The predicted molar refractivity (Wildman–Crippen MR) is 412 cm³/mol. The zero-order valence-corrected chi connectivity index (χ0v) is 63.4. The zero-order chi connectivity index (χ0) is 81.0. The number of fused-ring (bicyclic) bond motifs is 5. The van der Waals surface area contributed by atoms with Gasteiger partial charge in [0.05, 0.1) is 19.3 Å². The van der Waals surface area contributed by atoms with Crippen molar-refractivity contribution in [3.63, 3.8) is 0 Å². The second kappa shape index (κ2) is 39.6. The fourth-order valence-electron chi connectivity index (χ4n) is 16.1. The number of amides is 11. The first-order valence-electron chi connectivity index (χ1n) is 38.2. The Balaban J connectivity index is 0.773. The Labute approximate surface area is 656 Å². The molecule has 11 amide bonds. The van der Waals surface area contributed by atoms with Gasteiger partial charge in [0, 0.05) is 75.4 Å². The van der Waals surface area contributed by atoms with Crippen LogP contribution in [0.5, 0.6) is 0 Å². The van der Waals surface area contributed by atoms with Crippen molar-refractivity contribution in [2.75, 3.05) is 59.0 Å². The highest BCUT2D eigenvalue weighted by Gasteiger charge is 2.52. The van der Waals surface area contributed by atoms with Crippen molar-refractivity contribution in [2.24, 2.45) is 23.1 Å². The number of aliphatic carboxylic acids is 1. The molecule has 3 saturated heterocycles. The summed E-state index contributed by atoms with van der Waals surface area (Å²) in [5.74, 6) is -10.5. The van der Waals surface area contributed by atoms with Gasteiger partial charge in [0.2, 0.25) is 59.1 Å². The van der Waals surface area contributed by atoms with E-state index in [4.69, 9.17) is 38.2 Å². The van der Waals surface area contributed by atoms with Gasteiger partial charge in [-0.1, -0.05) is 91.7 Å². The van der Waals surface area contributed by atoms with Gasteiger partial charge in [-0.2, -0.15) is 0 Å². The minimum atomic E-state index is -1.70. The van der Waals surface area contributed by atoms with E-state index in [0.717, 1.165) is 45.6 Å². The number of ether oxygens (including phenoxy) is 1. The molecule has 113 heavy (non-hydrogen) atoms. The average Bonchev–Trinajstić information content (AvgIpc) is 1.76. The van der Waals surface area contributed by atoms with Crippen molar-refractivity contribution < 1.29 is 77.6 Å². The topological polar surface area (TPSA) is 558 Å². The highest BCUT2D eigenvalue weighted by Crippen LogP contribution is 2.45. The van der Waals surface area contributed by atoms with Crippen molar-refractivity contribution in [1.29, 1.82) is 16.2 Å². The molecule has 5 heterocycles. The summed E-state index contributed by atoms with van der Waals surface area (Å²) < 4.78 is 5.60. The van der Waals surface area contributed by atoms with E-state index in [1.807, 2.05) is 54.6 Å². The van der Waals surface area contributed by atoms with Gasteiger partial charge in [0.15, 0.2) is 17.9 Å². The number of aliphatic hydroxyl groups is 2. The van der Waals surface area contributed by atoms with Crippen LogP contribution in [0, 0.1) is 22.1 Å². The third-order valence-electron chi connectivity index (χ3n) is 21.6. The van der Waals surface area contributed by atoms with E-state index in [-0.39, 0.29) is 146 Å². The molecule has 0 unspecified atom stereocenters. The Morgan fingerprint density at radius 3 is 1.75 bits per heavy atom. The normalized spacial score (nSPS) is 20.7. The molecule has 608 valence electrons. The van der Waals surface area contributed by atoms with E-state index < -0.39 is 157 Å². The molecule has 37 heteroatoms. The Morgan fingerprint density at radius 1 is 0.549 bits per heavy atom. The van der Waals surface area contributed by atoms with Gasteiger partial charge in [0.25, 0.3) is 0 Å². The van der Waals surface area contributed by atoms with E-state index in [1.165, 1.54) is 26.0 Å². The number of carboxylic acid groups (broad SMARTS) is 1. The number of thiophene rings is 1. The molecule has 4 fully saturated rings. The molecule has 22 N–H and O–H groups in total. The van der Waals surface area contributed by atoms with Crippen LogP contribution < -0.4 is 70.4 Å². The Hall–Kier alpha value is -11.5. The molecule has 6 aliphatic rings. The van der Waals surface area contributed by atoms with Gasteiger partial charge in [-0.3, -0.25) is 64.2 Å². The predicted octanol–water partition coefficient (Wildman–Crippen LogP) is -1.70. The van der Waals surface area contributed by atoms with Crippen molar-refractivity contribution in [2.45, 2.75) is 182 Å². The first-order chi connectivity index (χ1) is 54.3. The largest absolute Gasteiger partial charge is 0.480 e. The van der Waals surface area contributed by atoms with Gasteiger partial charge >= 0.3 is 12.1 Å². The van der Waals surface area contributed by atoms with Gasteiger partial charge in [-0.15, -0.1) is 11.3 Å². The first-order valence-corrected chi connectivity index (χ1v) is 39.1. The van der Waals surface area contributed by atoms with Crippen LogP contribution in [-0.2, 0) is 76.9 Å². The highest BCUT2D eigenvalue weighted by molar-refractivity contribution is 7.09. The van der Waals surface area contributed by atoms with Gasteiger partial charge in [0.1, 0.15) is 67.5 Å². The fraction of sp³-hybridized carbons (Fsp3) is 0.513. The molecule has 36 nitrogen and oxygen atoms in total. The SMILES string of the molecule is N=C(N)NCCC[C@H](NC(=O)[C@@H]1C[C@@H]2CCCC[C@@H]2N1C(=O)[C@H]1Cc2ccccc2CN1C(=O)[C@H](CO)NC(=O)[C@H](Cc1cccs1)NC(=O)CNC(=O)[C@@H]1C[C@@H](O)CN1C(=O)[C@@H]1CCCN1C(=O)[C@H](CCCNC(=N)N)NC(=O)[C@@H](CCCNC(=N)N)NC(=O)CNC(=O)OCC1c2ccccc2-c2ccccc21)C(=O)O. The van der Waals surface area contributed by atoms with E-state index in [2.05, 4.69) is 53.2 Å². The number of hydrogen-bond donors (Lipinski definition) is 19. The quantitative estimate of drug-likeness (QED) is 0.0139. The number of benzene rings is 3. The number of likely N-dealkylation sites (tertiary alicyclic amines) is 3. The number of β-amino-alcohol motifs (C(OH)–C–C–N with tert-alkyl or cyclic N) is 1. The second-order valence-electron chi connectivity index (χ2n) is 29.2. The van der Waals surface area contributed by atoms with Crippen LogP contribution in [0.3, 0.4) is 0 Å². The third kappa shape index (κ3) is 21.8. The highest BCUT2D eigenvalue weighted by atomic mass is 32.1. The van der Waals surface area contributed by atoms with Crippen LogP contribution in [-0.4, -0.2) is 249 Å². The Morgan fingerprint density at radius 2 is 1.12 bits per heavy atom. The summed E-state index contributed by atoms with van der Waals surface area (Å²) in [4.78, 5) is 177. The number of alkyl carbamates (subject to hydrolysis) is 1. The zero-order valence-electron chi connectivity index (χ0n) is 62.6. The lowest BCUT2D eigenvalue weighted by atomic mass is 9.84. The summed E-state index contributed by atoms with van der Waals surface area (Å²) in [5.41, 5.74) is 21.9. The van der Waals surface area contributed by atoms with Gasteiger partial charge in [-0.05, 0) is 121 Å². The minimum absolute atomic E-state index is 0.0112. The summed E-state index contributed by atoms with van der Waals surface area (Å²) in [6.07, 6.45) is 1.37. The van der Waals surface area contributed by atoms with Crippen LogP contribution in [0.1, 0.15) is 123 Å². The number of nitrogens with zero attached hydrogens (tertiary/aromatic N) is 4. The van der Waals surface area contributed by atoms with Gasteiger partial charge in [-0.25, -0.2) is 9.59 Å². The fourth-order valence-corrected chi connectivity index (χ4v) is 16.9. The van der Waals surface area contributed by atoms with Crippen LogP contribution in [0.15, 0.2) is 90.3 Å². The molecule has 4 aromatic rings. The number of nitrogens with one attached hydrogen (secondary N) is 13. The number of guanidine groups is 3. The monoisotopic (exact) mass is 1580 g/mol. The van der Waals surface area contributed by atoms with E-state index >= 15 is 9.59 Å². The molecule has 10 rings (SSSR count). The molecule has 0 spiro atoms. The number of nitrogens with two attached hydrogens (primary N) is 3. The average molecular weight is 1580 g/mol. The van der Waals surface area contributed by atoms with Crippen LogP contribution >= 0.6 is 11.3 Å². The number of carbonyl (C=O) groups excluding carboxylic acids is 11. The number of carbonyl (C=O) groups is 12. The summed E-state index contributed by atoms with van der Waals surface area (Å²) in [6.45, 7) is -2.48. The standard InChI is InChI=1S/C76H102N20O16S/c77-73(78)83-27-9-22-52(88-63(100)37-87-76(111)112-41-51-49-20-6-4-18-47(49)48-19-5-7-21-50(48)51)64(101)90-53(23-10-28-84-74(79)80)68(105)93-30-12-26-58(93)70(107)95-39-45(98)34-59(95)66(103)86-36-62(99)89-55(35-46-17-13-31-113-46)65(102)92-56(40-97)69(106)94-38-44-16-2-1-14-42(44)32-61(94)71(108)96-57-25-8-3-15-43(57)33-60(96)67(104)91-54(72(109)110)24-11-29-85-75(81)82/h1-2,4-7,13-14,16-21,31,43,45,51-61,97-98H,3,8-12,15,22-30,32-41H2,(H,86,103)(H,87,111)(H,88,100)(H,89,99)(H,90,101)(H,91,104)(H,92,102)(H,109,110)(H4,77,78,83)(H4,79,80,84)(H4,81,82,85)/t43-,45+,52+,53-,54-,55-,56-,57-,58-,59-,60-,61+/m0/s1. The van der Waals surface area contributed by atoms with Crippen molar-refractivity contribution >= 4 is 100 Å². The molecular weight excluding hydrogens is 1480 g/mol. The van der Waals surface area contributed by atoms with E-state index in [9.17, 15) is 63.3 Å². The van der Waals surface area contributed by atoms with E-state index in [0.29, 0.717) is 29.7 Å². The summed E-state index contributed by atoms with van der Waals surface area (Å²) in [6, 6.07) is 13.5. The molecule has 1 aromatic heterocycles. The van der Waals surface area contributed by atoms with Crippen molar-refractivity contribution in [3.05, 3.63) is 117 Å². The lowest BCUT2D eigenvalue weighted by molar-refractivity contribution is -0.153. The Kier molecular flexibility index (Phi) is 29.5.